The van der Waals surface area contributed by atoms with Crippen LogP contribution in [-0.2, 0) is 6.61 Å². The smallest absolute Gasteiger partial charge is 0.166 e. The van der Waals surface area contributed by atoms with Gasteiger partial charge >= 0.3 is 0 Å². The molecule has 7 heteroatoms. The number of hydrogen-bond acceptors (Lipinski definition) is 6. The van der Waals surface area contributed by atoms with Crippen molar-refractivity contribution in [3.05, 3.63) is 58.9 Å². The SMILES string of the molecule is COc1cc(C(NN)N2CCC(=O)c3cccc(CO)c32)ccc1F. The van der Waals surface area contributed by atoms with Crippen molar-refractivity contribution in [2.45, 2.75) is 19.2 Å². The second-order valence-electron chi connectivity index (χ2n) is 5.80. The quantitative estimate of drug-likeness (QED) is 0.566. The molecule has 1 aliphatic rings. The number of ketones is 1. The molecule has 2 aromatic carbocycles. The summed E-state index contributed by atoms with van der Waals surface area (Å²) in [4.78, 5) is 14.2. The highest BCUT2D eigenvalue weighted by molar-refractivity contribution is 6.04. The highest BCUT2D eigenvalue weighted by Crippen LogP contribution is 2.36. The molecule has 0 radical (unpaired) electrons. The third kappa shape index (κ3) is 3.09. The first kappa shape index (κ1) is 17.3. The van der Waals surface area contributed by atoms with Crippen molar-refractivity contribution >= 4 is 11.5 Å². The molecule has 0 aromatic heterocycles. The number of hydrazine groups is 1. The number of fused-ring (bicyclic) bond motifs is 1. The van der Waals surface area contributed by atoms with E-state index in [4.69, 9.17) is 10.6 Å². The van der Waals surface area contributed by atoms with Crippen LogP contribution in [0.4, 0.5) is 10.1 Å². The predicted molar refractivity (Wildman–Crippen MR) is 91.7 cm³/mol. The van der Waals surface area contributed by atoms with Crippen LogP contribution >= 0.6 is 0 Å². The van der Waals surface area contributed by atoms with E-state index in [1.54, 1.807) is 30.3 Å². The normalized spacial score (nSPS) is 15.0. The molecule has 0 saturated carbocycles. The van der Waals surface area contributed by atoms with Crippen LogP contribution in [-0.4, -0.2) is 24.5 Å². The van der Waals surface area contributed by atoms with Crippen LogP contribution in [0.25, 0.3) is 0 Å². The van der Waals surface area contributed by atoms with E-state index in [0.717, 1.165) is 0 Å². The Hall–Kier alpha value is -2.48. The molecule has 0 saturated heterocycles. The summed E-state index contributed by atoms with van der Waals surface area (Å²) in [6.45, 7) is 0.231. The molecule has 4 N–H and O–H groups in total. The number of ether oxygens (including phenoxy) is 1. The Morgan fingerprint density at radius 3 is 2.88 bits per heavy atom. The lowest BCUT2D eigenvalue weighted by molar-refractivity contribution is 0.0978. The number of anilines is 1. The number of aliphatic hydroxyl groups excluding tert-OH is 1. The molecular weight excluding hydrogens is 325 g/mol. The fourth-order valence-electron chi connectivity index (χ4n) is 3.22. The minimum absolute atomic E-state index is 0.0222. The molecule has 3 rings (SSSR count). The van der Waals surface area contributed by atoms with Crippen molar-refractivity contribution in [2.24, 2.45) is 5.84 Å². The van der Waals surface area contributed by atoms with E-state index >= 15 is 0 Å². The van der Waals surface area contributed by atoms with Crippen LogP contribution in [0, 0.1) is 5.82 Å². The summed E-state index contributed by atoms with van der Waals surface area (Å²) in [5, 5.41) is 9.68. The highest BCUT2D eigenvalue weighted by atomic mass is 19.1. The molecule has 1 aliphatic heterocycles. The molecule has 132 valence electrons. The van der Waals surface area contributed by atoms with Crippen LogP contribution in [0.2, 0.25) is 0 Å². The molecular formula is C18H20FN3O3. The monoisotopic (exact) mass is 345 g/mol. The van der Waals surface area contributed by atoms with E-state index in [0.29, 0.717) is 35.3 Å². The number of halogens is 1. The van der Waals surface area contributed by atoms with Gasteiger partial charge in [0.05, 0.1) is 19.4 Å². The van der Waals surface area contributed by atoms with Crippen molar-refractivity contribution < 1.29 is 19.0 Å². The molecule has 1 heterocycles. The van der Waals surface area contributed by atoms with E-state index in [1.807, 2.05) is 4.90 Å². The Labute approximate surface area is 145 Å². The van der Waals surface area contributed by atoms with Gasteiger partial charge in [0, 0.05) is 24.1 Å². The van der Waals surface area contributed by atoms with E-state index in [1.165, 1.54) is 13.2 Å². The number of carbonyl (C=O) groups is 1. The van der Waals surface area contributed by atoms with Gasteiger partial charge in [-0.15, -0.1) is 0 Å². The number of hydrogen-bond donors (Lipinski definition) is 3. The third-order valence-electron chi connectivity index (χ3n) is 4.42. The van der Waals surface area contributed by atoms with E-state index in [9.17, 15) is 14.3 Å². The number of nitrogens with one attached hydrogen (secondary N) is 1. The largest absolute Gasteiger partial charge is 0.494 e. The maximum Gasteiger partial charge on any atom is 0.166 e. The standard InChI is InChI=1S/C18H20FN3O3/c1-25-16-9-11(5-6-14(16)19)18(21-20)22-8-7-15(24)13-4-2-3-12(10-23)17(13)22/h2-6,9,18,21,23H,7-8,10,20H2,1H3. The van der Waals surface area contributed by atoms with Gasteiger partial charge in [-0.1, -0.05) is 18.2 Å². The summed E-state index contributed by atoms with van der Waals surface area (Å²) in [6.07, 6.45) is -0.174. The number of nitrogens with two attached hydrogens (primary N) is 1. The predicted octanol–water partition coefficient (Wildman–Crippen LogP) is 1.88. The first-order chi connectivity index (χ1) is 12.1. The van der Waals surface area contributed by atoms with Crippen LogP contribution < -0.4 is 20.9 Å². The van der Waals surface area contributed by atoms with Gasteiger partial charge in [-0.3, -0.25) is 10.6 Å². The Balaban J connectivity index is 2.09. The molecule has 25 heavy (non-hydrogen) atoms. The average Bonchev–Trinajstić information content (AvgIpc) is 2.64. The van der Waals surface area contributed by atoms with Gasteiger partial charge in [0.2, 0.25) is 0 Å². The van der Waals surface area contributed by atoms with Crippen molar-refractivity contribution in [1.82, 2.24) is 5.43 Å². The maximum absolute atomic E-state index is 13.7. The lowest BCUT2D eigenvalue weighted by atomic mass is 9.95. The second kappa shape index (κ2) is 7.18. The van der Waals surface area contributed by atoms with Crippen LogP contribution in [0.3, 0.4) is 0 Å². The molecule has 0 aliphatic carbocycles. The molecule has 0 spiro atoms. The van der Waals surface area contributed by atoms with Gasteiger partial charge in [0.25, 0.3) is 0 Å². The first-order valence-corrected chi connectivity index (χ1v) is 7.92. The summed E-state index contributed by atoms with van der Waals surface area (Å²) in [7, 11) is 1.39. The summed E-state index contributed by atoms with van der Waals surface area (Å²) in [6, 6.07) is 9.74. The third-order valence-corrected chi connectivity index (χ3v) is 4.42. The number of benzene rings is 2. The lowest BCUT2D eigenvalue weighted by Crippen LogP contribution is -2.45. The Morgan fingerprint density at radius 2 is 2.20 bits per heavy atom. The Bertz CT molecular complexity index is 797. The zero-order chi connectivity index (χ0) is 18.0. The number of carbonyl (C=O) groups excluding carboxylic acids is 1. The minimum atomic E-state index is -0.506. The fourth-order valence-corrected chi connectivity index (χ4v) is 3.22. The molecule has 0 fully saturated rings. The number of nitrogens with zero attached hydrogens (tertiary/aromatic N) is 1. The number of methoxy groups -OCH3 is 1. The van der Waals surface area contributed by atoms with Crippen molar-refractivity contribution in [3.63, 3.8) is 0 Å². The topological polar surface area (TPSA) is 87.8 Å². The van der Waals surface area contributed by atoms with E-state index < -0.39 is 12.0 Å². The summed E-state index contributed by atoms with van der Waals surface area (Å²) in [5.74, 6) is 5.44. The van der Waals surface area contributed by atoms with Gasteiger partial charge in [-0.05, 0) is 23.8 Å². The molecule has 2 aromatic rings. The zero-order valence-electron chi connectivity index (χ0n) is 13.8. The van der Waals surface area contributed by atoms with Gasteiger partial charge in [0.1, 0.15) is 6.17 Å². The molecule has 0 amide bonds. The van der Waals surface area contributed by atoms with Crippen LogP contribution in [0.15, 0.2) is 36.4 Å². The number of aliphatic hydroxyl groups is 1. The maximum atomic E-state index is 13.7. The summed E-state index contributed by atoms with van der Waals surface area (Å²) >= 11 is 0. The van der Waals surface area contributed by atoms with Gasteiger partial charge < -0.3 is 14.7 Å². The van der Waals surface area contributed by atoms with E-state index in [2.05, 4.69) is 5.43 Å². The Kier molecular flexibility index (Phi) is 4.98. The van der Waals surface area contributed by atoms with Crippen molar-refractivity contribution in [1.29, 1.82) is 0 Å². The van der Waals surface area contributed by atoms with Crippen molar-refractivity contribution in [2.75, 3.05) is 18.6 Å². The summed E-state index contributed by atoms with van der Waals surface area (Å²) in [5.41, 5.74) is 5.24. The number of rotatable bonds is 5. The first-order valence-electron chi connectivity index (χ1n) is 7.92. The highest BCUT2D eigenvalue weighted by Gasteiger charge is 2.30. The molecule has 0 bridgehead atoms. The van der Waals surface area contributed by atoms with E-state index in [-0.39, 0.29) is 18.1 Å². The number of Topliss-reactive ketones (excluding diaryl/α,β-unsaturated/α-hetero) is 1. The fraction of sp³-hybridized carbons (Fsp3) is 0.278. The minimum Gasteiger partial charge on any atom is -0.494 e. The average molecular weight is 345 g/mol. The second-order valence-corrected chi connectivity index (χ2v) is 5.80. The summed E-state index contributed by atoms with van der Waals surface area (Å²) < 4.78 is 18.8. The number of para-hydroxylation sites is 1. The van der Waals surface area contributed by atoms with Crippen LogP contribution in [0.5, 0.6) is 5.75 Å². The Morgan fingerprint density at radius 1 is 1.40 bits per heavy atom. The van der Waals surface area contributed by atoms with Crippen LogP contribution in [0.1, 0.15) is 34.1 Å². The van der Waals surface area contributed by atoms with Crippen molar-refractivity contribution in [3.8, 4) is 5.75 Å². The van der Waals surface area contributed by atoms with Gasteiger partial charge in [-0.2, -0.15) is 0 Å². The van der Waals surface area contributed by atoms with Gasteiger partial charge in [0.15, 0.2) is 17.3 Å². The lowest BCUT2D eigenvalue weighted by Gasteiger charge is -2.38. The molecule has 6 nitrogen and oxygen atoms in total. The molecule has 1 atom stereocenters. The van der Waals surface area contributed by atoms with Gasteiger partial charge in [-0.25, -0.2) is 9.82 Å². The zero-order valence-corrected chi connectivity index (χ0v) is 13.8. The molecule has 1 unspecified atom stereocenters.